The normalized spacial score (nSPS) is 46.0. The standard InChI is InChI=1S/C32H54O3/c1-21(12-11-16-28(2,3)35-10)22-15-17-32(8)27-25(34-9)20-24-23(13-14-26(33)29(24,4)5)30(27,6)18-19-31(22,32)7/h11,16,20-23,25-27,33H,12-15,17-19H2,1-10H3/b16-11+/t21-,22?,23?,25?,26+,27?,30+,31-,32+/m1/s1. The third-order valence-corrected chi connectivity index (χ3v) is 12.3. The number of aliphatic hydroxyl groups excluding tert-OH is 1. The van der Waals surface area contributed by atoms with Crippen molar-refractivity contribution in [1.82, 2.24) is 0 Å². The third-order valence-electron chi connectivity index (χ3n) is 12.3. The molecule has 0 aromatic carbocycles. The van der Waals surface area contributed by atoms with Crippen LogP contribution in [-0.2, 0) is 9.47 Å². The zero-order valence-electron chi connectivity index (χ0n) is 24.4. The molecule has 0 spiro atoms. The van der Waals surface area contributed by atoms with Gasteiger partial charge in [-0.2, -0.15) is 0 Å². The van der Waals surface area contributed by atoms with E-state index >= 15 is 0 Å². The van der Waals surface area contributed by atoms with Crippen LogP contribution < -0.4 is 0 Å². The highest BCUT2D eigenvalue weighted by Crippen LogP contribution is 2.75. The van der Waals surface area contributed by atoms with Gasteiger partial charge in [-0.15, -0.1) is 0 Å². The second-order valence-corrected chi connectivity index (χ2v) is 14.6. The molecular weight excluding hydrogens is 432 g/mol. The summed E-state index contributed by atoms with van der Waals surface area (Å²) >= 11 is 0. The summed E-state index contributed by atoms with van der Waals surface area (Å²) in [6.07, 6.45) is 15.3. The minimum Gasteiger partial charge on any atom is -0.392 e. The van der Waals surface area contributed by atoms with Gasteiger partial charge in [-0.1, -0.05) is 65.3 Å². The molecule has 3 nitrogen and oxygen atoms in total. The maximum absolute atomic E-state index is 10.9. The van der Waals surface area contributed by atoms with Crippen molar-refractivity contribution in [3.63, 3.8) is 0 Å². The van der Waals surface area contributed by atoms with E-state index in [1.54, 1.807) is 7.11 Å². The SMILES string of the molecule is COC1C=C2C(CC[C@H](O)C2(C)C)[C@]2(C)CC[C@]3(C)C([C@H](C)C/C=C/C(C)(C)OC)CC[C@@]3(C)C12. The van der Waals surface area contributed by atoms with Gasteiger partial charge in [0.2, 0.25) is 0 Å². The fourth-order valence-corrected chi connectivity index (χ4v) is 9.69. The first-order chi connectivity index (χ1) is 16.2. The quantitative estimate of drug-likeness (QED) is 0.393. The van der Waals surface area contributed by atoms with Gasteiger partial charge in [-0.25, -0.2) is 0 Å². The Morgan fingerprint density at radius 3 is 2.34 bits per heavy atom. The smallest absolute Gasteiger partial charge is 0.0802 e. The number of allylic oxidation sites excluding steroid dienone is 1. The fraction of sp³-hybridized carbons (Fsp3) is 0.875. The first kappa shape index (κ1) is 27.4. The van der Waals surface area contributed by atoms with Gasteiger partial charge >= 0.3 is 0 Å². The van der Waals surface area contributed by atoms with Crippen LogP contribution in [0.5, 0.6) is 0 Å². The maximum atomic E-state index is 10.9. The van der Waals surface area contributed by atoms with E-state index in [0.717, 1.165) is 25.2 Å². The lowest BCUT2D eigenvalue weighted by Crippen LogP contribution is -2.63. The molecule has 3 heteroatoms. The molecule has 35 heavy (non-hydrogen) atoms. The lowest BCUT2D eigenvalue weighted by atomic mass is 9.38. The van der Waals surface area contributed by atoms with Gasteiger partial charge in [0.05, 0.1) is 17.8 Å². The zero-order valence-corrected chi connectivity index (χ0v) is 24.4. The predicted molar refractivity (Wildman–Crippen MR) is 145 cm³/mol. The maximum Gasteiger partial charge on any atom is 0.0802 e. The van der Waals surface area contributed by atoms with Crippen LogP contribution in [0.2, 0.25) is 0 Å². The Bertz CT molecular complexity index is 855. The first-order valence-corrected chi connectivity index (χ1v) is 14.3. The van der Waals surface area contributed by atoms with Crippen molar-refractivity contribution >= 4 is 0 Å². The van der Waals surface area contributed by atoms with Crippen molar-refractivity contribution in [3.05, 3.63) is 23.8 Å². The first-order valence-electron chi connectivity index (χ1n) is 14.3. The Kier molecular flexibility index (Phi) is 7.03. The van der Waals surface area contributed by atoms with Crippen LogP contribution in [0.15, 0.2) is 23.8 Å². The van der Waals surface area contributed by atoms with Gasteiger partial charge in [-0.3, -0.25) is 0 Å². The minimum atomic E-state index is -0.250. The summed E-state index contributed by atoms with van der Waals surface area (Å²) in [4.78, 5) is 0. The summed E-state index contributed by atoms with van der Waals surface area (Å²) in [5.74, 6) is 2.49. The van der Waals surface area contributed by atoms with Crippen LogP contribution in [0.25, 0.3) is 0 Å². The van der Waals surface area contributed by atoms with Crippen LogP contribution in [0.1, 0.15) is 100 Å². The second kappa shape index (κ2) is 8.98. The lowest BCUT2D eigenvalue weighted by molar-refractivity contribution is -0.182. The van der Waals surface area contributed by atoms with Crippen molar-refractivity contribution in [2.75, 3.05) is 14.2 Å². The Balaban J connectivity index is 1.67. The highest BCUT2D eigenvalue weighted by atomic mass is 16.5. The van der Waals surface area contributed by atoms with Crippen molar-refractivity contribution in [2.45, 2.75) is 118 Å². The molecule has 1 N–H and O–H groups in total. The summed E-state index contributed by atoms with van der Waals surface area (Å²) in [5.41, 5.74) is 1.94. The van der Waals surface area contributed by atoms with Gasteiger partial charge in [0.25, 0.3) is 0 Å². The van der Waals surface area contributed by atoms with E-state index in [2.05, 4.69) is 73.6 Å². The molecular formula is C32H54O3. The molecule has 0 amide bonds. The van der Waals surface area contributed by atoms with E-state index in [0.29, 0.717) is 23.2 Å². The average Bonchev–Trinajstić information content (AvgIpc) is 3.07. The number of ether oxygens (including phenoxy) is 2. The highest BCUT2D eigenvalue weighted by molar-refractivity contribution is 5.32. The molecule has 0 bridgehead atoms. The molecule has 4 rings (SSSR count). The van der Waals surface area contributed by atoms with Crippen LogP contribution in [0, 0.1) is 45.3 Å². The van der Waals surface area contributed by atoms with E-state index in [4.69, 9.17) is 9.47 Å². The molecule has 4 unspecified atom stereocenters. The summed E-state index contributed by atoms with van der Waals surface area (Å²) in [6.45, 7) is 19.1. The molecule has 0 aliphatic heterocycles. The molecule has 3 saturated carbocycles. The van der Waals surface area contributed by atoms with Gasteiger partial charge in [0, 0.05) is 25.6 Å². The molecule has 0 saturated heterocycles. The lowest BCUT2D eigenvalue weighted by Gasteiger charge is -2.67. The van der Waals surface area contributed by atoms with Crippen molar-refractivity contribution in [2.24, 2.45) is 45.3 Å². The Morgan fingerprint density at radius 2 is 1.71 bits per heavy atom. The monoisotopic (exact) mass is 486 g/mol. The Hall–Kier alpha value is -0.640. The second-order valence-electron chi connectivity index (χ2n) is 14.6. The molecule has 0 aromatic heterocycles. The van der Waals surface area contributed by atoms with Crippen LogP contribution >= 0.6 is 0 Å². The molecule has 0 radical (unpaired) electrons. The number of hydrogen-bond acceptors (Lipinski definition) is 3. The van der Waals surface area contributed by atoms with E-state index in [1.165, 1.54) is 31.3 Å². The Morgan fingerprint density at radius 1 is 1.03 bits per heavy atom. The van der Waals surface area contributed by atoms with Crippen molar-refractivity contribution in [3.8, 4) is 0 Å². The third kappa shape index (κ3) is 4.02. The molecule has 4 aliphatic carbocycles. The van der Waals surface area contributed by atoms with Crippen LogP contribution in [-0.4, -0.2) is 37.1 Å². The summed E-state index contributed by atoms with van der Waals surface area (Å²) < 4.78 is 12.0. The van der Waals surface area contributed by atoms with E-state index in [9.17, 15) is 5.11 Å². The largest absolute Gasteiger partial charge is 0.392 e. The average molecular weight is 487 g/mol. The highest BCUT2D eigenvalue weighted by Gasteiger charge is 2.69. The molecule has 200 valence electrons. The molecule has 0 aromatic rings. The molecule has 3 fully saturated rings. The predicted octanol–water partition coefficient (Wildman–Crippen LogP) is 7.58. The minimum absolute atomic E-state index is 0.136. The van der Waals surface area contributed by atoms with Crippen LogP contribution in [0.3, 0.4) is 0 Å². The Labute approximate surface area is 216 Å². The number of hydrogen-bond donors (Lipinski definition) is 1. The zero-order chi connectivity index (χ0) is 26.0. The number of methoxy groups -OCH3 is 2. The number of rotatable bonds is 6. The van der Waals surface area contributed by atoms with Crippen LogP contribution in [0.4, 0.5) is 0 Å². The number of fused-ring (bicyclic) bond motifs is 5. The fourth-order valence-electron chi connectivity index (χ4n) is 9.69. The molecule has 0 heterocycles. The summed E-state index contributed by atoms with van der Waals surface area (Å²) in [7, 11) is 3.71. The van der Waals surface area contributed by atoms with E-state index in [1.807, 2.05) is 7.11 Å². The molecule has 9 atom stereocenters. The van der Waals surface area contributed by atoms with Gasteiger partial charge in [0.1, 0.15) is 0 Å². The van der Waals surface area contributed by atoms with Crippen molar-refractivity contribution < 1.29 is 14.6 Å². The van der Waals surface area contributed by atoms with Crippen molar-refractivity contribution in [1.29, 1.82) is 0 Å². The van der Waals surface area contributed by atoms with Gasteiger partial charge < -0.3 is 14.6 Å². The number of aliphatic hydroxyl groups is 1. The van der Waals surface area contributed by atoms with E-state index < -0.39 is 0 Å². The summed E-state index contributed by atoms with van der Waals surface area (Å²) in [6, 6.07) is 0. The van der Waals surface area contributed by atoms with E-state index in [-0.39, 0.29) is 34.1 Å². The molecule has 4 aliphatic rings. The summed E-state index contributed by atoms with van der Waals surface area (Å²) in [5, 5.41) is 10.9. The topological polar surface area (TPSA) is 38.7 Å². The van der Waals surface area contributed by atoms with Gasteiger partial charge in [-0.05, 0) is 92.8 Å². The van der Waals surface area contributed by atoms with Gasteiger partial charge in [0.15, 0.2) is 0 Å².